The molecule has 0 aliphatic rings. The Kier molecular flexibility index (Phi) is 3.63. The second kappa shape index (κ2) is 5.01. The molecular formula is C10H6ClF3N2S. The fourth-order valence-corrected chi connectivity index (χ4v) is 2.35. The van der Waals surface area contributed by atoms with E-state index in [2.05, 4.69) is 10.2 Å². The van der Waals surface area contributed by atoms with Crippen LogP contribution >= 0.6 is 22.9 Å². The van der Waals surface area contributed by atoms with Gasteiger partial charge < -0.3 is 0 Å². The minimum Gasteiger partial charge on any atom is -0.204 e. The maximum atomic E-state index is 13.0. The average Bonchev–Trinajstić information content (AvgIpc) is 2.74. The van der Waals surface area contributed by atoms with Crippen molar-refractivity contribution in [1.82, 2.24) is 10.2 Å². The summed E-state index contributed by atoms with van der Waals surface area (Å²) >= 11 is 6.70. The summed E-state index contributed by atoms with van der Waals surface area (Å²) in [6, 6.07) is 1.78. The molecule has 7 heteroatoms. The highest BCUT2D eigenvalue weighted by molar-refractivity contribution is 7.14. The van der Waals surface area contributed by atoms with Crippen molar-refractivity contribution in [3.05, 3.63) is 34.6 Å². The first-order valence-corrected chi connectivity index (χ1v) is 6.00. The third-order valence-electron chi connectivity index (χ3n) is 2.01. The highest BCUT2D eigenvalue weighted by Crippen LogP contribution is 2.26. The molecule has 1 aromatic heterocycles. The molecule has 17 heavy (non-hydrogen) atoms. The van der Waals surface area contributed by atoms with E-state index >= 15 is 0 Å². The second-order valence-electron chi connectivity index (χ2n) is 3.19. The van der Waals surface area contributed by atoms with Gasteiger partial charge in [-0.3, -0.25) is 0 Å². The molecule has 1 heterocycles. The number of aromatic nitrogens is 2. The van der Waals surface area contributed by atoms with E-state index in [1.54, 1.807) is 0 Å². The molecule has 2 aromatic rings. The van der Waals surface area contributed by atoms with Crippen molar-refractivity contribution in [3.63, 3.8) is 0 Å². The lowest BCUT2D eigenvalue weighted by atomic mass is 10.2. The Morgan fingerprint density at radius 3 is 2.35 bits per heavy atom. The molecule has 0 saturated heterocycles. The summed E-state index contributed by atoms with van der Waals surface area (Å²) in [5.74, 6) is -3.58. The van der Waals surface area contributed by atoms with Crippen molar-refractivity contribution >= 4 is 22.9 Å². The van der Waals surface area contributed by atoms with Crippen LogP contribution in [0.2, 0.25) is 0 Å². The molecule has 1 aromatic carbocycles. The largest absolute Gasteiger partial charge is 0.204 e. The van der Waals surface area contributed by atoms with Gasteiger partial charge in [0.25, 0.3) is 0 Å². The number of hydrogen-bond acceptors (Lipinski definition) is 3. The Hall–Kier alpha value is -1.14. The van der Waals surface area contributed by atoms with Crippen molar-refractivity contribution in [2.75, 3.05) is 5.88 Å². The van der Waals surface area contributed by atoms with Crippen molar-refractivity contribution in [3.8, 4) is 10.6 Å². The lowest BCUT2D eigenvalue weighted by Crippen LogP contribution is -1.91. The molecule has 0 amide bonds. The summed E-state index contributed by atoms with van der Waals surface area (Å²) in [5.41, 5.74) is 0.166. The summed E-state index contributed by atoms with van der Waals surface area (Å²) in [6.07, 6.45) is 0.533. The Labute approximate surface area is 104 Å². The van der Waals surface area contributed by atoms with Crippen LogP contribution in [0.15, 0.2) is 12.1 Å². The van der Waals surface area contributed by atoms with Gasteiger partial charge in [-0.05, 0) is 12.1 Å². The Balaban J connectivity index is 2.39. The van der Waals surface area contributed by atoms with E-state index in [0.29, 0.717) is 22.3 Å². The van der Waals surface area contributed by atoms with Gasteiger partial charge in [-0.2, -0.15) is 0 Å². The van der Waals surface area contributed by atoms with Crippen LogP contribution in [0.25, 0.3) is 10.6 Å². The lowest BCUT2D eigenvalue weighted by Gasteiger charge is -1.98. The Morgan fingerprint density at radius 2 is 1.76 bits per heavy atom. The maximum absolute atomic E-state index is 13.0. The van der Waals surface area contributed by atoms with Crippen molar-refractivity contribution in [2.24, 2.45) is 0 Å². The maximum Gasteiger partial charge on any atom is 0.194 e. The number of benzene rings is 1. The summed E-state index contributed by atoms with van der Waals surface area (Å²) in [7, 11) is 0. The summed E-state index contributed by atoms with van der Waals surface area (Å²) < 4.78 is 38.8. The molecule has 0 fully saturated rings. The highest BCUT2D eigenvalue weighted by Gasteiger charge is 2.14. The van der Waals surface area contributed by atoms with Gasteiger partial charge in [0.05, 0.1) is 0 Å². The number of alkyl halides is 1. The first-order chi connectivity index (χ1) is 8.11. The molecular weight excluding hydrogens is 273 g/mol. The highest BCUT2D eigenvalue weighted by atomic mass is 35.5. The zero-order valence-electron chi connectivity index (χ0n) is 8.38. The van der Waals surface area contributed by atoms with E-state index in [1.807, 2.05) is 0 Å². The Bertz CT molecular complexity index is 521. The normalized spacial score (nSPS) is 10.8. The SMILES string of the molecule is Fc1cc(-c2nnc(CCCl)s2)cc(F)c1F. The average molecular weight is 279 g/mol. The second-order valence-corrected chi connectivity index (χ2v) is 4.63. The molecule has 90 valence electrons. The minimum absolute atomic E-state index is 0.166. The van der Waals surface area contributed by atoms with Crippen LogP contribution in [0, 0.1) is 17.5 Å². The predicted molar refractivity (Wildman–Crippen MR) is 59.6 cm³/mol. The summed E-state index contributed by atoms with van der Waals surface area (Å²) in [5, 5.41) is 8.58. The van der Waals surface area contributed by atoms with E-state index < -0.39 is 17.5 Å². The van der Waals surface area contributed by atoms with Crippen LogP contribution in [0.4, 0.5) is 13.2 Å². The standard InChI is InChI=1S/C10H6ClF3N2S/c11-2-1-8-15-16-10(17-8)5-3-6(12)9(14)7(13)4-5/h3-4H,1-2H2. The van der Waals surface area contributed by atoms with Gasteiger partial charge in [-0.25, -0.2) is 13.2 Å². The molecule has 0 saturated carbocycles. The van der Waals surface area contributed by atoms with Gasteiger partial charge in [-0.15, -0.1) is 21.8 Å². The van der Waals surface area contributed by atoms with Gasteiger partial charge in [0, 0.05) is 17.9 Å². The van der Waals surface area contributed by atoms with E-state index in [0.717, 1.165) is 12.1 Å². The first-order valence-electron chi connectivity index (χ1n) is 4.65. The fourth-order valence-electron chi connectivity index (χ4n) is 1.23. The smallest absolute Gasteiger partial charge is 0.194 e. The zero-order valence-corrected chi connectivity index (χ0v) is 9.96. The predicted octanol–water partition coefficient (Wildman–Crippen LogP) is 3.40. The molecule has 2 rings (SSSR count). The number of rotatable bonds is 3. The van der Waals surface area contributed by atoms with Gasteiger partial charge in [0.15, 0.2) is 17.5 Å². The molecule has 0 spiro atoms. The van der Waals surface area contributed by atoms with E-state index in [9.17, 15) is 13.2 Å². The monoisotopic (exact) mass is 278 g/mol. The molecule has 0 N–H and O–H groups in total. The first kappa shape index (κ1) is 12.3. The topological polar surface area (TPSA) is 25.8 Å². The molecule has 0 aliphatic heterocycles. The minimum atomic E-state index is -1.49. The molecule has 0 radical (unpaired) electrons. The van der Waals surface area contributed by atoms with Gasteiger partial charge in [0.2, 0.25) is 0 Å². The number of aryl methyl sites for hydroxylation is 1. The number of nitrogens with zero attached hydrogens (tertiary/aromatic N) is 2. The van der Waals surface area contributed by atoms with E-state index in [4.69, 9.17) is 11.6 Å². The third-order valence-corrected chi connectivity index (χ3v) is 3.23. The fraction of sp³-hybridized carbons (Fsp3) is 0.200. The molecule has 2 nitrogen and oxygen atoms in total. The van der Waals surface area contributed by atoms with Crippen molar-refractivity contribution in [2.45, 2.75) is 6.42 Å². The summed E-state index contributed by atoms with van der Waals surface area (Å²) in [6.45, 7) is 0. The van der Waals surface area contributed by atoms with Crippen LogP contribution in [-0.2, 0) is 6.42 Å². The molecule has 0 bridgehead atoms. The van der Waals surface area contributed by atoms with Crippen molar-refractivity contribution < 1.29 is 13.2 Å². The molecule has 0 aliphatic carbocycles. The van der Waals surface area contributed by atoms with Gasteiger partial charge >= 0.3 is 0 Å². The van der Waals surface area contributed by atoms with E-state index in [1.165, 1.54) is 11.3 Å². The van der Waals surface area contributed by atoms with E-state index in [-0.39, 0.29) is 5.56 Å². The number of hydrogen-bond donors (Lipinski definition) is 0. The number of halogens is 4. The van der Waals surface area contributed by atoms with Crippen molar-refractivity contribution in [1.29, 1.82) is 0 Å². The lowest BCUT2D eigenvalue weighted by molar-refractivity contribution is 0.447. The third kappa shape index (κ3) is 2.58. The zero-order chi connectivity index (χ0) is 12.4. The molecule has 0 unspecified atom stereocenters. The van der Waals surface area contributed by atoms with Gasteiger partial charge in [-0.1, -0.05) is 11.3 Å². The van der Waals surface area contributed by atoms with Crippen LogP contribution in [0.5, 0.6) is 0 Å². The van der Waals surface area contributed by atoms with Crippen LogP contribution < -0.4 is 0 Å². The van der Waals surface area contributed by atoms with Gasteiger partial charge in [0.1, 0.15) is 10.0 Å². The quantitative estimate of drug-likeness (QED) is 0.635. The summed E-state index contributed by atoms with van der Waals surface area (Å²) in [4.78, 5) is 0. The Morgan fingerprint density at radius 1 is 1.12 bits per heavy atom. The van der Waals surface area contributed by atoms with Crippen LogP contribution in [-0.4, -0.2) is 16.1 Å². The molecule has 0 atom stereocenters. The van der Waals surface area contributed by atoms with Crippen LogP contribution in [0.3, 0.4) is 0 Å². The van der Waals surface area contributed by atoms with Crippen LogP contribution in [0.1, 0.15) is 5.01 Å².